The van der Waals surface area contributed by atoms with E-state index in [0.717, 1.165) is 31.5 Å². The van der Waals surface area contributed by atoms with Crippen molar-refractivity contribution in [2.24, 2.45) is 11.3 Å². The molecular weight excluding hydrogens is 627 g/mol. The van der Waals surface area contributed by atoms with Gasteiger partial charge in [-0.25, -0.2) is 14.0 Å². The molecule has 1 spiro atoms. The van der Waals surface area contributed by atoms with Gasteiger partial charge >= 0.3 is 18.2 Å². The lowest BCUT2D eigenvalue weighted by Crippen LogP contribution is -2.50. The number of carbonyl (C=O) groups excluding carboxylic acids is 2. The summed E-state index contributed by atoms with van der Waals surface area (Å²) in [6.07, 6.45) is -2.80. The van der Waals surface area contributed by atoms with Gasteiger partial charge in [-0.2, -0.15) is 13.2 Å². The number of hydrogen-bond donors (Lipinski definition) is 4. The number of fused-ring (bicyclic) bond motifs is 2. The number of alkyl halides is 3. The van der Waals surface area contributed by atoms with Crippen molar-refractivity contribution in [3.63, 3.8) is 0 Å². The van der Waals surface area contributed by atoms with E-state index >= 15 is 4.39 Å². The van der Waals surface area contributed by atoms with Crippen molar-refractivity contribution in [2.45, 2.75) is 63.7 Å². The SMILES string of the molecule is CC(C)(C)C[C@@H]1CN(C(=O)NC2CCNCC2)[C@H](c2cccc(Cl)c2F)[C@]12C(=O)Nc1cc(Cl)ccc12.O=C(O)C(F)(F)F. The van der Waals surface area contributed by atoms with Gasteiger partial charge in [-0.1, -0.05) is 62.2 Å². The van der Waals surface area contributed by atoms with Crippen LogP contribution in [0.15, 0.2) is 36.4 Å². The Hall–Kier alpha value is -3.09. The second kappa shape index (κ2) is 12.7. The van der Waals surface area contributed by atoms with Crippen LogP contribution in [0, 0.1) is 17.2 Å². The van der Waals surface area contributed by atoms with Gasteiger partial charge in [-0.15, -0.1) is 0 Å². The molecule has 5 rings (SSSR count). The van der Waals surface area contributed by atoms with Gasteiger partial charge in [-0.05, 0) is 67.4 Å². The van der Waals surface area contributed by atoms with E-state index in [1.54, 1.807) is 29.2 Å². The number of nitrogens with zero attached hydrogens (tertiary/aromatic N) is 1. The minimum absolute atomic E-state index is 0.0136. The van der Waals surface area contributed by atoms with Crippen LogP contribution >= 0.6 is 23.2 Å². The largest absolute Gasteiger partial charge is 0.490 e. The zero-order chi connectivity index (χ0) is 32.6. The standard InChI is InChI=1S/C28H33Cl2FN4O2.C2HF3O2/c1-27(2,3)14-16-15-35(26(37)33-18-9-11-32-12-10-18)24(19-5-4-6-21(30)23(19)31)28(16)20-8-7-17(29)13-22(20)34-25(28)36;3-2(4,5)1(6)7/h4-8,13,16,18,24,32H,9-12,14-15H2,1-3H3,(H,33,37)(H,34,36);(H,6,7)/t16-,24-,28+;/m1./s1. The van der Waals surface area contributed by atoms with E-state index in [4.69, 9.17) is 33.1 Å². The number of likely N-dealkylation sites (tertiary alicyclic amines) is 1. The van der Waals surface area contributed by atoms with Crippen molar-refractivity contribution in [3.8, 4) is 0 Å². The Morgan fingerprint density at radius 3 is 2.34 bits per heavy atom. The molecule has 8 nitrogen and oxygen atoms in total. The van der Waals surface area contributed by atoms with Gasteiger partial charge < -0.3 is 26.0 Å². The Labute approximate surface area is 262 Å². The van der Waals surface area contributed by atoms with Crippen molar-refractivity contribution in [3.05, 3.63) is 63.4 Å². The molecule has 3 heterocycles. The number of aliphatic carboxylic acids is 1. The first-order chi connectivity index (χ1) is 20.5. The molecule has 3 amide bonds. The maximum Gasteiger partial charge on any atom is 0.490 e. The molecule has 0 unspecified atom stereocenters. The molecule has 0 aromatic heterocycles. The minimum Gasteiger partial charge on any atom is -0.475 e. The normalized spacial score (nSPS) is 23.6. The van der Waals surface area contributed by atoms with Gasteiger partial charge in [0, 0.05) is 28.9 Å². The summed E-state index contributed by atoms with van der Waals surface area (Å²) in [5, 5.41) is 17.1. The van der Waals surface area contributed by atoms with E-state index in [-0.39, 0.29) is 39.9 Å². The van der Waals surface area contributed by atoms with E-state index in [2.05, 4.69) is 36.7 Å². The smallest absolute Gasteiger partial charge is 0.475 e. The number of rotatable bonds is 3. The monoisotopic (exact) mass is 660 g/mol. The summed E-state index contributed by atoms with van der Waals surface area (Å²) in [6.45, 7) is 8.30. The van der Waals surface area contributed by atoms with Crippen LogP contribution in [0.1, 0.15) is 57.2 Å². The molecule has 240 valence electrons. The average molecular weight is 662 g/mol. The fourth-order valence-corrected chi connectivity index (χ4v) is 6.85. The highest BCUT2D eigenvalue weighted by Crippen LogP contribution is 2.60. The number of carboxylic acids is 1. The van der Waals surface area contributed by atoms with Crippen LogP contribution in [0.5, 0.6) is 0 Å². The highest BCUT2D eigenvalue weighted by Gasteiger charge is 2.65. The number of amides is 3. The van der Waals surface area contributed by atoms with Crippen molar-refractivity contribution >= 4 is 46.8 Å². The molecule has 4 N–H and O–H groups in total. The summed E-state index contributed by atoms with van der Waals surface area (Å²) in [7, 11) is 0. The molecule has 3 atom stereocenters. The van der Waals surface area contributed by atoms with Gasteiger partial charge in [0.2, 0.25) is 5.91 Å². The summed E-state index contributed by atoms with van der Waals surface area (Å²) in [6, 6.07) is 8.94. The molecule has 2 saturated heterocycles. The number of benzene rings is 2. The molecule has 0 radical (unpaired) electrons. The van der Waals surface area contributed by atoms with Crippen molar-refractivity contribution in [2.75, 3.05) is 25.0 Å². The number of carbonyl (C=O) groups is 3. The van der Waals surface area contributed by atoms with Crippen LogP contribution in [-0.4, -0.2) is 59.8 Å². The quantitative estimate of drug-likeness (QED) is 0.280. The van der Waals surface area contributed by atoms with Crippen molar-refractivity contribution < 1.29 is 37.1 Å². The zero-order valence-corrected chi connectivity index (χ0v) is 25.8. The number of halogens is 6. The fourth-order valence-electron chi connectivity index (χ4n) is 6.49. The second-order valence-electron chi connectivity index (χ2n) is 12.4. The summed E-state index contributed by atoms with van der Waals surface area (Å²) < 4.78 is 47.5. The van der Waals surface area contributed by atoms with Crippen LogP contribution in [0.25, 0.3) is 0 Å². The van der Waals surface area contributed by atoms with E-state index in [0.29, 0.717) is 23.7 Å². The number of carboxylic acid groups (broad SMARTS) is 1. The number of anilines is 1. The van der Waals surface area contributed by atoms with Crippen molar-refractivity contribution in [1.82, 2.24) is 15.5 Å². The van der Waals surface area contributed by atoms with Gasteiger partial charge in [0.1, 0.15) is 11.2 Å². The number of nitrogens with one attached hydrogen (secondary N) is 3. The molecule has 2 aromatic rings. The summed E-state index contributed by atoms with van der Waals surface area (Å²) in [5.41, 5.74) is 0.223. The van der Waals surface area contributed by atoms with Crippen LogP contribution in [0.2, 0.25) is 10.0 Å². The lowest BCUT2D eigenvalue weighted by molar-refractivity contribution is -0.192. The average Bonchev–Trinajstić information content (AvgIpc) is 3.39. The molecule has 44 heavy (non-hydrogen) atoms. The zero-order valence-electron chi connectivity index (χ0n) is 24.3. The molecule has 0 saturated carbocycles. The van der Waals surface area contributed by atoms with E-state index < -0.39 is 29.4 Å². The molecular formula is C30H34Cl2F4N4O4. The highest BCUT2D eigenvalue weighted by molar-refractivity contribution is 6.31. The van der Waals surface area contributed by atoms with Gasteiger partial charge in [-0.3, -0.25) is 4.79 Å². The Balaban J connectivity index is 0.000000566. The molecule has 2 fully saturated rings. The van der Waals surface area contributed by atoms with E-state index in [9.17, 15) is 22.8 Å². The van der Waals surface area contributed by atoms with Crippen LogP contribution in [0.3, 0.4) is 0 Å². The summed E-state index contributed by atoms with van der Waals surface area (Å²) in [4.78, 5) is 38.6. The van der Waals surface area contributed by atoms with E-state index in [1.165, 1.54) is 6.07 Å². The predicted octanol–water partition coefficient (Wildman–Crippen LogP) is 6.53. The third kappa shape index (κ3) is 6.77. The Morgan fingerprint density at radius 1 is 1.11 bits per heavy atom. The lowest BCUT2D eigenvalue weighted by atomic mass is 9.63. The number of urea groups is 1. The predicted molar refractivity (Wildman–Crippen MR) is 158 cm³/mol. The second-order valence-corrected chi connectivity index (χ2v) is 13.3. The molecule has 3 aliphatic heterocycles. The molecule has 0 aliphatic carbocycles. The fraction of sp³-hybridized carbons (Fsp3) is 0.500. The van der Waals surface area contributed by atoms with E-state index in [1.807, 2.05) is 6.07 Å². The molecule has 3 aliphatic rings. The first-order valence-corrected chi connectivity index (χ1v) is 14.9. The highest BCUT2D eigenvalue weighted by atomic mass is 35.5. The maximum atomic E-state index is 15.8. The summed E-state index contributed by atoms with van der Waals surface area (Å²) in [5.74, 6) is -3.88. The molecule has 14 heteroatoms. The topological polar surface area (TPSA) is 111 Å². The molecule has 0 bridgehead atoms. The van der Waals surface area contributed by atoms with Crippen LogP contribution < -0.4 is 16.0 Å². The Morgan fingerprint density at radius 2 is 1.75 bits per heavy atom. The summed E-state index contributed by atoms with van der Waals surface area (Å²) >= 11 is 12.5. The molecule has 2 aromatic carbocycles. The van der Waals surface area contributed by atoms with Crippen LogP contribution in [0.4, 0.5) is 28.0 Å². The van der Waals surface area contributed by atoms with Gasteiger partial charge in [0.25, 0.3) is 0 Å². The lowest BCUT2D eigenvalue weighted by Gasteiger charge is -2.38. The number of piperidine rings is 1. The number of hydrogen-bond acceptors (Lipinski definition) is 4. The minimum atomic E-state index is -5.08. The Kier molecular flexibility index (Phi) is 9.77. The maximum absolute atomic E-state index is 15.8. The van der Waals surface area contributed by atoms with Gasteiger partial charge in [0.15, 0.2) is 0 Å². The first kappa shape index (κ1) is 33.8. The van der Waals surface area contributed by atoms with Crippen molar-refractivity contribution in [1.29, 1.82) is 0 Å². The first-order valence-electron chi connectivity index (χ1n) is 14.1. The third-order valence-electron chi connectivity index (χ3n) is 8.16. The van der Waals surface area contributed by atoms with Crippen LogP contribution in [-0.2, 0) is 15.0 Å². The third-order valence-corrected chi connectivity index (χ3v) is 8.69. The Bertz CT molecular complexity index is 1430. The van der Waals surface area contributed by atoms with Gasteiger partial charge in [0.05, 0.1) is 11.1 Å².